The molecule has 3 heteroatoms. The summed E-state index contributed by atoms with van der Waals surface area (Å²) in [6.07, 6.45) is 1.75. The van der Waals surface area contributed by atoms with Gasteiger partial charge in [-0.05, 0) is 51.8 Å². The standard InChI is InChI=1S/C15H19NO2/c1-9-6-10(2)13-11(7-9)12(8-16-13)18-14(17)15(3,4)5/h6-8,16H,1-5H3. The molecule has 0 aliphatic carbocycles. The first-order chi connectivity index (χ1) is 8.29. The second kappa shape index (κ2) is 4.16. The molecule has 1 aromatic carbocycles. The van der Waals surface area contributed by atoms with Crippen LogP contribution < -0.4 is 4.74 Å². The van der Waals surface area contributed by atoms with Gasteiger partial charge in [0, 0.05) is 11.6 Å². The van der Waals surface area contributed by atoms with Crippen LogP contribution in [0.1, 0.15) is 31.9 Å². The maximum absolute atomic E-state index is 11.9. The Morgan fingerprint density at radius 3 is 2.50 bits per heavy atom. The third-order valence-electron chi connectivity index (χ3n) is 2.91. The number of H-pyrrole nitrogens is 1. The van der Waals surface area contributed by atoms with E-state index in [-0.39, 0.29) is 5.97 Å². The number of aromatic amines is 1. The fourth-order valence-corrected chi connectivity index (χ4v) is 1.91. The summed E-state index contributed by atoms with van der Waals surface area (Å²) in [5.41, 5.74) is 2.84. The highest BCUT2D eigenvalue weighted by molar-refractivity contribution is 5.91. The summed E-state index contributed by atoms with van der Waals surface area (Å²) < 4.78 is 5.47. The average molecular weight is 245 g/mol. The predicted octanol–water partition coefficient (Wildman–Crippen LogP) is 3.74. The molecule has 0 spiro atoms. The molecule has 1 N–H and O–H groups in total. The Morgan fingerprint density at radius 2 is 1.89 bits per heavy atom. The molecule has 96 valence electrons. The topological polar surface area (TPSA) is 42.1 Å². The molecule has 0 radical (unpaired) electrons. The minimum Gasteiger partial charge on any atom is -0.424 e. The second-order valence-corrected chi connectivity index (χ2v) is 5.80. The number of nitrogens with one attached hydrogen (secondary N) is 1. The molecule has 3 nitrogen and oxygen atoms in total. The van der Waals surface area contributed by atoms with E-state index in [0.29, 0.717) is 5.75 Å². The quantitative estimate of drug-likeness (QED) is 0.778. The third-order valence-corrected chi connectivity index (χ3v) is 2.91. The van der Waals surface area contributed by atoms with Crippen molar-refractivity contribution in [2.24, 2.45) is 5.41 Å². The Bertz CT molecular complexity index is 603. The lowest BCUT2D eigenvalue weighted by molar-refractivity contribution is -0.142. The number of hydrogen-bond donors (Lipinski definition) is 1. The predicted molar refractivity (Wildman–Crippen MR) is 72.9 cm³/mol. The Kier molecular flexibility index (Phi) is 2.93. The van der Waals surface area contributed by atoms with Crippen LogP contribution in [0.2, 0.25) is 0 Å². The lowest BCUT2D eigenvalue weighted by Gasteiger charge is -2.15. The number of carbonyl (C=O) groups is 1. The van der Waals surface area contributed by atoms with E-state index in [1.54, 1.807) is 6.20 Å². The smallest absolute Gasteiger partial charge is 0.316 e. The Balaban J connectivity index is 2.44. The van der Waals surface area contributed by atoms with Crippen LogP contribution in [0.3, 0.4) is 0 Å². The van der Waals surface area contributed by atoms with Gasteiger partial charge in [0.05, 0.1) is 10.9 Å². The van der Waals surface area contributed by atoms with Crippen molar-refractivity contribution in [1.29, 1.82) is 0 Å². The van der Waals surface area contributed by atoms with E-state index in [0.717, 1.165) is 22.0 Å². The van der Waals surface area contributed by atoms with Gasteiger partial charge in [-0.15, -0.1) is 0 Å². The number of hydrogen-bond acceptors (Lipinski definition) is 2. The molecular formula is C15H19NO2. The van der Waals surface area contributed by atoms with Gasteiger partial charge in [0.2, 0.25) is 0 Å². The molecule has 0 bridgehead atoms. The highest BCUT2D eigenvalue weighted by atomic mass is 16.5. The van der Waals surface area contributed by atoms with Gasteiger partial charge in [-0.2, -0.15) is 0 Å². The van der Waals surface area contributed by atoms with E-state index in [1.807, 2.05) is 40.7 Å². The molecule has 0 saturated carbocycles. The first kappa shape index (κ1) is 12.7. The molecule has 0 amide bonds. The molecule has 2 rings (SSSR count). The van der Waals surface area contributed by atoms with Crippen molar-refractivity contribution >= 4 is 16.9 Å². The van der Waals surface area contributed by atoms with Crippen LogP contribution in [0.15, 0.2) is 18.3 Å². The molecule has 0 saturated heterocycles. The summed E-state index contributed by atoms with van der Waals surface area (Å²) in [7, 11) is 0. The van der Waals surface area contributed by atoms with Crippen molar-refractivity contribution in [3.8, 4) is 5.75 Å². The number of ether oxygens (including phenoxy) is 1. The summed E-state index contributed by atoms with van der Waals surface area (Å²) in [5, 5.41) is 0.963. The Morgan fingerprint density at radius 1 is 1.22 bits per heavy atom. The van der Waals surface area contributed by atoms with Crippen LogP contribution in [0.5, 0.6) is 5.75 Å². The zero-order valence-corrected chi connectivity index (χ0v) is 11.5. The number of aromatic nitrogens is 1. The lowest BCUT2D eigenvalue weighted by atomic mass is 9.97. The van der Waals surface area contributed by atoms with E-state index in [4.69, 9.17) is 4.74 Å². The monoisotopic (exact) mass is 245 g/mol. The van der Waals surface area contributed by atoms with E-state index < -0.39 is 5.41 Å². The molecule has 0 aliphatic heterocycles. The number of carbonyl (C=O) groups excluding carboxylic acids is 1. The number of benzene rings is 1. The maximum atomic E-state index is 11.9. The highest BCUT2D eigenvalue weighted by Crippen LogP contribution is 2.30. The summed E-state index contributed by atoms with van der Waals surface area (Å²) in [5.74, 6) is 0.388. The second-order valence-electron chi connectivity index (χ2n) is 5.80. The molecule has 0 aliphatic rings. The number of rotatable bonds is 1. The summed E-state index contributed by atoms with van der Waals surface area (Å²) in [6, 6.07) is 4.14. The zero-order chi connectivity index (χ0) is 13.5. The number of aryl methyl sites for hydroxylation is 2. The number of esters is 1. The summed E-state index contributed by atoms with van der Waals surface area (Å²) >= 11 is 0. The Labute approximate surface area is 107 Å². The first-order valence-electron chi connectivity index (χ1n) is 6.09. The van der Waals surface area contributed by atoms with Gasteiger partial charge in [0.15, 0.2) is 5.75 Å². The minimum absolute atomic E-state index is 0.220. The number of fused-ring (bicyclic) bond motifs is 1. The minimum atomic E-state index is -0.498. The lowest BCUT2D eigenvalue weighted by Crippen LogP contribution is -2.25. The van der Waals surface area contributed by atoms with Gasteiger partial charge >= 0.3 is 5.97 Å². The van der Waals surface area contributed by atoms with Crippen LogP contribution in [0, 0.1) is 19.3 Å². The molecule has 18 heavy (non-hydrogen) atoms. The first-order valence-corrected chi connectivity index (χ1v) is 6.09. The van der Waals surface area contributed by atoms with Crippen molar-refractivity contribution in [1.82, 2.24) is 4.98 Å². The van der Waals surface area contributed by atoms with Crippen LogP contribution >= 0.6 is 0 Å². The van der Waals surface area contributed by atoms with Crippen molar-refractivity contribution in [2.45, 2.75) is 34.6 Å². The van der Waals surface area contributed by atoms with Gasteiger partial charge in [-0.3, -0.25) is 4.79 Å². The van der Waals surface area contributed by atoms with Crippen molar-refractivity contribution in [3.05, 3.63) is 29.5 Å². The van der Waals surface area contributed by atoms with Crippen LogP contribution in [0.25, 0.3) is 10.9 Å². The maximum Gasteiger partial charge on any atom is 0.316 e. The zero-order valence-electron chi connectivity index (χ0n) is 11.5. The van der Waals surface area contributed by atoms with Gasteiger partial charge in [0.25, 0.3) is 0 Å². The molecule has 1 heterocycles. The van der Waals surface area contributed by atoms with Crippen LogP contribution in [-0.4, -0.2) is 11.0 Å². The SMILES string of the molecule is Cc1cc(C)c2[nH]cc(OC(=O)C(C)(C)C)c2c1. The largest absolute Gasteiger partial charge is 0.424 e. The van der Waals surface area contributed by atoms with Crippen LogP contribution in [0.4, 0.5) is 0 Å². The van der Waals surface area contributed by atoms with E-state index in [1.165, 1.54) is 0 Å². The summed E-state index contributed by atoms with van der Waals surface area (Å²) in [4.78, 5) is 15.1. The van der Waals surface area contributed by atoms with Gasteiger partial charge in [0.1, 0.15) is 0 Å². The normalized spacial score (nSPS) is 11.8. The molecule has 1 aromatic heterocycles. The third kappa shape index (κ3) is 2.26. The fourth-order valence-electron chi connectivity index (χ4n) is 1.91. The van der Waals surface area contributed by atoms with E-state index in [9.17, 15) is 4.79 Å². The van der Waals surface area contributed by atoms with Gasteiger partial charge in [-0.25, -0.2) is 0 Å². The van der Waals surface area contributed by atoms with Crippen LogP contribution in [-0.2, 0) is 4.79 Å². The molecule has 0 atom stereocenters. The fraction of sp³-hybridized carbons (Fsp3) is 0.400. The molecular weight excluding hydrogens is 226 g/mol. The molecule has 0 unspecified atom stereocenters. The molecule has 0 fully saturated rings. The Hall–Kier alpha value is -1.77. The highest BCUT2D eigenvalue weighted by Gasteiger charge is 2.24. The summed E-state index contributed by atoms with van der Waals surface area (Å²) in [6.45, 7) is 9.62. The van der Waals surface area contributed by atoms with Gasteiger partial charge < -0.3 is 9.72 Å². The molecule has 2 aromatic rings. The van der Waals surface area contributed by atoms with E-state index >= 15 is 0 Å². The van der Waals surface area contributed by atoms with E-state index in [2.05, 4.69) is 11.1 Å². The van der Waals surface area contributed by atoms with Crippen molar-refractivity contribution < 1.29 is 9.53 Å². The average Bonchev–Trinajstić information content (AvgIpc) is 2.60. The van der Waals surface area contributed by atoms with Crippen molar-refractivity contribution in [2.75, 3.05) is 0 Å². The van der Waals surface area contributed by atoms with Crippen molar-refractivity contribution in [3.63, 3.8) is 0 Å². The van der Waals surface area contributed by atoms with Gasteiger partial charge in [-0.1, -0.05) is 6.07 Å².